The van der Waals surface area contributed by atoms with Crippen molar-refractivity contribution < 1.29 is 9.52 Å². The minimum Gasteiger partial charge on any atom is -0.507 e. The van der Waals surface area contributed by atoms with E-state index in [4.69, 9.17) is 4.42 Å². The SMILES string of the molecule is CCC(Cc1ccccc1)c1cc(O)c(C(NC2CC2)c2ccccc2)c(=O)o1. The maximum absolute atomic E-state index is 13.0. The lowest BCUT2D eigenvalue weighted by Crippen LogP contribution is -2.29. The summed E-state index contributed by atoms with van der Waals surface area (Å²) >= 11 is 0. The van der Waals surface area contributed by atoms with Crippen molar-refractivity contribution in [3.8, 4) is 5.75 Å². The Kier molecular flexibility index (Phi) is 5.81. The fraction of sp³-hybridized carbons (Fsp3) is 0.320. The van der Waals surface area contributed by atoms with Gasteiger partial charge in [0.2, 0.25) is 0 Å². The molecule has 4 rings (SSSR count). The van der Waals surface area contributed by atoms with Crippen molar-refractivity contribution in [3.05, 3.63) is 99.6 Å². The maximum Gasteiger partial charge on any atom is 0.344 e. The molecular formula is C25H27NO3. The summed E-state index contributed by atoms with van der Waals surface area (Å²) in [6.45, 7) is 2.07. The van der Waals surface area contributed by atoms with E-state index in [2.05, 4.69) is 24.4 Å². The van der Waals surface area contributed by atoms with E-state index in [1.165, 1.54) is 5.56 Å². The summed E-state index contributed by atoms with van der Waals surface area (Å²) in [6.07, 6.45) is 3.76. The number of benzene rings is 2. The first kappa shape index (κ1) is 19.5. The van der Waals surface area contributed by atoms with Crippen LogP contribution in [0.2, 0.25) is 0 Å². The van der Waals surface area contributed by atoms with Crippen molar-refractivity contribution in [2.45, 2.75) is 50.6 Å². The van der Waals surface area contributed by atoms with E-state index in [9.17, 15) is 9.90 Å². The molecule has 150 valence electrons. The zero-order valence-corrected chi connectivity index (χ0v) is 16.7. The molecule has 2 atom stereocenters. The Morgan fingerprint density at radius 3 is 2.31 bits per heavy atom. The van der Waals surface area contributed by atoms with Gasteiger partial charge in [-0.25, -0.2) is 4.79 Å². The lowest BCUT2D eigenvalue weighted by Gasteiger charge is -2.21. The summed E-state index contributed by atoms with van der Waals surface area (Å²) < 4.78 is 5.76. The van der Waals surface area contributed by atoms with Crippen LogP contribution in [0.1, 0.15) is 60.6 Å². The van der Waals surface area contributed by atoms with Crippen molar-refractivity contribution in [3.63, 3.8) is 0 Å². The Balaban J connectivity index is 1.67. The summed E-state index contributed by atoms with van der Waals surface area (Å²) in [5, 5.41) is 14.3. The average molecular weight is 389 g/mol. The summed E-state index contributed by atoms with van der Waals surface area (Å²) in [6, 6.07) is 21.5. The first-order valence-electron chi connectivity index (χ1n) is 10.4. The van der Waals surface area contributed by atoms with E-state index in [-0.39, 0.29) is 17.7 Å². The van der Waals surface area contributed by atoms with Gasteiger partial charge in [0.25, 0.3) is 0 Å². The highest BCUT2D eigenvalue weighted by atomic mass is 16.4. The second kappa shape index (κ2) is 8.66. The van der Waals surface area contributed by atoms with Crippen LogP contribution in [-0.2, 0) is 6.42 Å². The minimum absolute atomic E-state index is 0.00441. The zero-order valence-electron chi connectivity index (χ0n) is 16.7. The summed E-state index contributed by atoms with van der Waals surface area (Å²) in [5.41, 5.74) is 1.96. The van der Waals surface area contributed by atoms with Crippen molar-refractivity contribution in [1.82, 2.24) is 5.32 Å². The van der Waals surface area contributed by atoms with Crippen molar-refractivity contribution in [2.75, 3.05) is 0 Å². The normalized spacial score (nSPS) is 15.8. The van der Waals surface area contributed by atoms with E-state index < -0.39 is 5.63 Å². The highest BCUT2D eigenvalue weighted by Gasteiger charge is 2.30. The maximum atomic E-state index is 13.0. The highest BCUT2D eigenvalue weighted by Crippen LogP contribution is 2.34. The van der Waals surface area contributed by atoms with Gasteiger partial charge in [0.05, 0.1) is 6.04 Å². The summed E-state index contributed by atoms with van der Waals surface area (Å²) in [4.78, 5) is 13.0. The Labute approximate surface area is 171 Å². The van der Waals surface area contributed by atoms with Crippen molar-refractivity contribution in [2.24, 2.45) is 0 Å². The van der Waals surface area contributed by atoms with Crippen LogP contribution in [0.3, 0.4) is 0 Å². The van der Waals surface area contributed by atoms with Gasteiger partial charge in [-0.3, -0.25) is 0 Å². The number of hydrogen-bond donors (Lipinski definition) is 2. The largest absolute Gasteiger partial charge is 0.507 e. The second-order valence-corrected chi connectivity index (χ2v) is 7.81. The first-order chi connectivity index (χ1) is 14.2. The van der Waals surface area contributed by atoms with Crippen LogP contribution in [-0.4, -0.2) is 11.1 Å². The van der Waals surface area contributed by atoms with Gasteiger partial charge in [-0.2, -0.15) is 0 Å². The molecule has 29 heavy (non-hydrogen) atoms. The molecule has 0 saturated heterocycles. The monoisotopic (exact) mass is 389 g/mol. The third-order valence-electron chi connectivity index (χ3n) is 5.61. The van der Waals surface area contributed by atoms with Gasteiger partial charge >= 0.3 is 5.63 Å². The predicted octanol–water partition coefficient (Wildman–Crippen LogP) is 4.92. The van der Waals surface area contributed by atoms with Crippen LogP contribution in [0.4, 0.5) is 0 Å². The van der Waals surface area contributed by atoms with Gasteiger partial charge in [-0.15, -0.1) is 0 Å². The Bertz CT molecular complexity index is 994. The molecule has 0 aliphatic heterocycles. The predicted molar refractivity (Wildman–Crippen MR) is 114 cm³/mol. The average Bonchev–Trinajstić information content (AvgIpc) is 3.56. The molecule has 4 heteroatoms. The van der Waals surface area contributed by atoms with E-state index >= 15 is 0 Å². The Morgan fingerprint density at radius 1 is 1.07 bits per heavy atom. The van der Waals surface area contributed by atoms with Crippen molar-refractivity contribution in [1.29, 1.82) is 0 Å². The van der Waals surface area contributed by atoms with E-state index in [0.717, 1.165) is 31.2 Å². The molecule has 4 nitrogen and oxygen atoms in total. The van der Waals surface area contributed by atoms with Crippen LogP contribution < -0.4 is 10.9 Å². The lowest BCUT2D eigenvalue weighted by molar-refractivity contribution is 0.376. The molecule has 0 amide bonds. The third kappa shape index (κ3) is 4.60. The third-order valence-corrected chi connectivity index (χ3v) is 5.61. The minimum atomic E-state index is -0.464. The summed E-state index contributed by atoms with van der Waals surface area (Å²) in [5.74, 6) is 0.585. The number of nitrogens with one attached hydrogen (secondary N) is 1. The number of hydrogen-bond acceptors (Lipinski definition) is 4. The molecule has 0 radical (unpaired) electrons. The van der Waals surface area contributed by atoms with Gasteiger partial charge in [0.1, 0.15) is 17.1 Å². The molecule has 1 aromatic heterocycles. The number of rotatable bonds is 8. The van der Waals surface area contributed by atoms with Gasteiger partial charge in [0.15, 0.2) is 0 Å². The fourth-order valence-corrected chi connectivity index (χ4v) is 3.80. The van der Waals surface area contributed by atoms with Crippen LogP contribution in [0, 0.1) is 0 Å². The first-order valence-corrected chi connectivity index (χ1v) is 10.4. The summed E-state index contributed by atoms with van der Waals surface area (Å²) in [7, 11) is 0. The fourth-order valence-electron chi connectivity index (χ4n) is 3.80. The molecule has 2 aromatic carbocycles. The Morgan fingerprint density at radius 2 is 1.72 bits per heavy atom. The lowest BCUT2D eigenvalue weighted by atomic mass is 9.93. The molecular weight excluding hydrogens is 362 g/mol. The number of aromatic hydroxyl groups is 1. The smallest absolute Gasteiger partial charge is 0.344 e. The molecule has 1 saturated carbocycles. The van der Waals surface area contributed by atoms with E-state index in [0.29, 0.717) is 17.4 Å². The molecule has 1 aliphatic rings. The molecule has 1 aliphatic carbocycles. The van der Waals surface area contributed by atoms with Crippen LogP contribution in [0.25, 0.3) is 0 Å². The zero-order chi connectivity index (χ0) is 20.2. The molecule has 1 fully saturated rings. The highest BCUT2D eigenvalue weighted by molar-refractivity contribution is 5.40. The van der Waals surface area contributed by atoms with Crippen molar-refractivity contribution >= 4 is 0 Å². The standard InChI is InChI=1S/C25H27NO3/c1-2-18(15-17-9-5-3-6-10-17)22-16-21(27)23(25(28)29-22)24(26-20-13-14-20)19-11-7-4-8-12-19/h3-12,16,18,20,24,26-27H,2,13-15H2,1H3. The van der Waals surface area contributed by atoms with Gasteiger partial charge in [0, 0.05) is 18.0 Å². The Hall–Kier alpha value is -2.85. The molecule has 1 heterocycles. The van der Waals surface area contributed by atoms with E-state index in [1.54, 1.807) is 6.07 Å². The van der Waals surface area contributed by atoms with Gasteiger partial charge in [-0.05, 0) is 36.8 Å². The molecule has 2 unspecified atom stereocenters. The molecule has 3 aromatic rings. The van der Waals surface area contributed by atoms with Gasteiger partial charge in [-0.1, -0.05) is 67.6 Å². The van der Waals surface area contributed by atoms with Crippen LogP contribution in [0.15, 0.2) is 75.9 Å². The van der Waals surface area contributed by atoms with Crippen LogP contribution in [0.5, 0.6) is 5.75 Å². The van der Waals surface area contributed by atoms with Crippen LogP contribution >= 0.6 is 0 Å². The molecule has 2 N–H and O–H groups in total. The quantitative estimate of drug-likeness (QED) is 0.574. The second-order valence-electron chi connectivity index (χ2n) is 7.81. The molecule has 0 spiro atoms. The topological polar surface area (TPSA) is 62.5 Å². The molecule has 0 bridgehead atoms. The van der Waals surface area contributed by atoms with E-state index in [1.807, 2.05) is 48.5 Å². The van der Waals surface area contributed by atoms with Gasteiger partial charge < -0.3 is 14.8 Å².